The van der Waals surface area contributed by atoms with E-state index in [1.807, 2.05) is 0 Å². The quantitative estimate of drug-likeness (QED) is 0.450. The van der Waals surface area contributed by atoms with Crippen LogP contribution in [0.5, 0.6) is 0 Å². The Morgan fingerprint density at radius 3 is 2.00 bits per heavy atom. The number of aliphatic hydroxyl groups is 1. The lowest BCUT2D eigenvalue weighted by Crippen LogP contribution is -2.44. The molecule has 0 aliphatic rings. The van der Waals surface area contributed by atoms with Crippen molar-refractivity contribution >= 4 is 23.7 Å². The minimum Gasteiger partial charge on any atom is -0.391 e. The molecule has 0 radical (unpaired) electrons. The summed E-state index contributed by atoms with van der Waals surface area (Å²) in [6, 6.07) is 0. The van der Waals surface area contributed by atoms with Gasteiger partial charge in [-0.1, -0.05) is 19.6 Å². The van der Waals surface area contributed by atoms with Crippen molar-refractivity contribution in [2.24, 2.45) is 4.99 Å². The minimum absolute atomic E-state index is 0.218. The van der Waals surface area contributed by atoms with Crippen LogP contribution in [0.15, 0.2) is 4.99 Å². The molecule has 1 atom stereocenters. The molecule has 0 heterocycles. The molecule has 0 spiro atoms. The van der Waals surface area contributed by atoms with Gasteiger partial charge in [-0.05, 0) is 0 Å². The molecule has 0 aromatic heterocycles. The third-order valence-corrected chi connectivity index (χ3v) is 5.20. The Bertz CT molecular complexity index is 139. The summed E-state index contributed by atoms with van der Waals surface area (Å²) in [5, 5.41) is 10.6. The number of hydrogen-bond acceptors (Lipinski definition) is 2. The fourth-order valence-corrected chi connectivity index (χ4v) is 4.73. The van der Waals surface area contributed by atoms with Crippen molar-refractivity contribution in [1.29, 1.82) is 0 Å². The van der Waals surface area contributed by atoms with Gasteiger partial charge in [0.05, 0.1) is 24.0 Å². The number of rotatable bonds is 2. The Kier molecular flexibility index (Phi) is 3.48. The molecule has 1 N–H and O–H groups in total. The second-order valence-corrected chi connectivity index (χ2v) is 9.94. The van der Waals surface area contributed by atoms with Crippen LogP contribution < -0.4 is 0 Å². The van der Waals surface area contributed by atoms with Crippen molar-refractivity contribution in [3.63, 3.8) is 0 Å². The Morgan fingerprint density at radius 1 is 1.50 bits per heavy atom. The molecule has 60 valence electrons. The smallest absolute Gasteiger partial charge is 0.0848 e. The number of hydrogen-bond donors (Lipinski definition) is 1. The van der Waals surface area contributed by atoms with Gasteiger partial charge in [-0.2, -0.15) is 0 Å². The van der Waals surface area contributed by atoms with Gasteiger partial charge in [-0.3, -0.25) is 0 Å². The molecule has 2 nitrogen and oxygen atoms in total. The summed E-state index contributed by atoms with van der Waals surface area (Å²) < 4.78 is 0. The molecule has 0 rings (SSSR count). The van der Waals surface area contributed by atoms with Crippen molar-refractivity contribution in [3.8, 4) is 0 Å². The maximum Gasteiger partial charge on any atom is 0.0848 e. The first-order chi connectivity index (χ1) is 4.39. The fourth-order valence-electron chi connectivity index (χ4n) is 0.749. The predicted molar refractivity (Wildman–Crippen MR) is 52.7 cm³/mol. The van der Waals surface area contributed by atoms with E-state index in [1.54, 1.807) is 7.05 Å². The highest BCUT2D eigenvalue weighted by Gasteiger charge is 2.25. The number of nitrogens with zero attached hydrogens (tertiary/aromatic N) is 1. The van der Waals surface area contributed by atoms with Crippen molar-refractivity contribution < 1.29 is 5.11 Å². The third kappa shape index (κ3) is 2.76. The van der Waals surface area contributed by atoms with Gasteiger partial charge in [0.2, 0.25) is 0 Å². The van der Waals surface area contributed by atoms with Crippen LogP contribution in [0.4, 0.5) is 0 Å². The fraction of sp³-hybridized carbons (Fsp3) is 0.833. The zero-order valence-corrected chi connectivity index (χ0v) is 10.5. The lowest BCUT2D eigenvalue weighted by Gasteiger charge is -2.23. The van der Waals surface area contributed by atoms with Crippen LogP contribution in [0.3, 0.4) is 0 Å². The van der Waals surface area contributed by atoms with Gasteiger partial charge >= 0.3 is 0 Å². The van der Waals surface area contributed by atoms with Crippen molar-refractivity contribution in [3.05, 3.63) is 0 Å². The molecule has 1 unspecified atom stereocenters. The Balaban J connectivity index is 4.23. The summed E-state index contributed by atoms with van der Waals surface area (Å²) in [6.45, 7) is 6.46. The Hall–Kier alpha value is 0.0638. The van der Waals surface area contributed by atoms with Crippen LogP contribution in [-0.4, -0.2) is 41.5 Å². The van der Waals surface area contributed by atoms with Crippen LogP contribution in [0.25, 0.3) is 0 Å². The van der Waals surface area contributed by atoms with Gasteiger partial charge in [0, 0.05) is 12.4 Å². The highest BCUT2D eigenvalue weighted by molar-refractivity contribution is 6.85. The van der Waals surface area contributed by atoms with E-state index in [0.717, 1.165) is 15.6 Å². The summed E-state index contributed by atoms with van der Waals surface area (Å²) in [6.07, 6.45) is 0. The van der Waals surface area contributed by atoms with E-state index >= 15 is 0 Å². The van der Waals surface area contributed by atoms with Gasteiger partial charge in [0.1, 0.15) is 0 Å². The lowest BCUT2D eigenvalue weighted by molar-refractivity contribution is 0.310. The Morgan fingerprint density at radius 2 is 1.90 bits per heavy atom. The van der Waals surface area contributed by atoms with E-state index in [9.17, 15) is 5.11 Å². The standard InChI is InChI=1S/C6H17NOSi2/c1-7-5(9)6(8)10(2,3)4/h6,8H,1-4,9H3. The average Bonchev–Trinajstić information content (AvgIpc) is 1.83. The largest absolute Gasteiger partial charge is 0.391 e. The highest BCUT2D eigenvalue weighted by Crippen LogP contribution is 2.07. The third-order valence-electron chi connectivity index (χ3n) is 1.57. The van der Waals surface area contributed by atoms with Crippen LogP contribution in [0.1, 0.15) is 0 Å². The molecule has 0 aromatic rings. The minimum atomic E-state index is -1.39. The second-order valence-electron chi connectivity index (χ2n) is 3.63. The summed E-state index contributed by atoms with van der Waals surface area (Å²) in [4.78, 5) is 4.02. The molecular weight excluding hydrogens is 158 g/mol. The summed E-state index contributed by atoms with van der Waals surface area (Å²) >= 11 is 0. The van der Waals surface area contributed by atoms with E-state index in [2.05, 4.69) is 24.6 Å². The van der Waals surface area contributed by atoms with E-state index in [4.69, 9.17) is 0 Å². The van der Waals surface area contributed by atoms with Gasteiger partial charge in [-0.15, -0.1) is 0 Å². The topological polar surface area (TPSA) is 32.6 Å². The lowest BCUT2D eigenvalue weighted by atomic mass is 10.8. The normalized spacial score (nSPS) is 17.5. The first kappa shape index (κ1) is 10.1. The van der Waals surface area contributed by atoms with Gasteiger partial charge in [0.15, 0.2) is 0 Å². The van der Waals surface area contributed by atoms with Gasteiger partial charge < -0.3 is 10.1 Å². The van der Waals surface area contributed by atoms with Crippen LogP contribution in [0.2, 0.25) is 19.6 Å². The highest BCUT2D eigenvalue weighted by atomic mass is 28.3. The Labute approximate surface area is 66.8 Å². The van der Waals surface area contributed by atoms with Gasteiger partial charge in [0.25, 0.3) is 0 Å². The molecule has 0 saturated heterocycles. The van der Waals surface area contributed by atoms with Crippen molar-refractivity contribution in [1.82, 2.24) is 0 Å². The maximum atomic E-state index is 9.62. The van der Waals surface area contributed by atoms with E-state index < -0.39 is 8.07 Å². The molecule has 10 heavy (non-hydrogen) atoms. The van der Waals surface area contributed by atoms with Crippen molar-refractivity contribution in [2.75, 3.05) is 7.05 Å². The van der Waals surface area contributed by atoms with E-state index in [0.29, 0.717) is 0 Å². The van der Waals surface area contributed by atoms with E-state index in [-0.39, 0.29) is 5.73 Å². The molecule has 0 saturated carbocycles. The first-order valence-electron chi connectivity index (χ1n) is 3.51. The number of aliphatic hydroxyl groups excluding tert-OH is 1. The molecule has 4 heteroatoms. The first-order valence-corrected chi connectivity index (χ1v) is 8.08. The van der Waals surface area contributed by atoms with Crippen LogP contribution >= 0.6 is 0 Å². The predicted octanol–water partition coefficient (Wildman–Crippen LogP) is -0.382. The van der Waals surface area contributed by atoms with Crippen LogP contribution in [-0.2, 0) is 0 Å². The molecule has 0 aliphatic carbocycles. The molecule has 0 aliphatic heterocycles. The van der Waals surface area contributed by atoms with Crippen molar-refractivity contribution in [2.45, 2.75) is 25.4 Å². The average molecular weight is 175 g/mol. The van der Waals surface area contributed by atoms with E-state index in [1.165, 1.54) is 0 Å². The molecule has 0 amide bonds. The SMILES string of the molecule is CN=C([SiH3])C(O)[Si](C)(C)C. The van der Waals surface area contributed by atoms with Gasteiger partial charge in [-0.25, -0.2) is 0 Å². The summed E-state index contributed by atoms with van der Waals surface area (Å²) in [5.74, 6) is 0. The molecule has 0 aromatic carbocycles. The van der Waals surface area contributed by atoms with Crippen LogP contribution in [0, 0.1) is 0 Å². The second kappa shape index (κ2) is 3.45. The summed E-state index contributed by atoms with van der Waals surface area (Å²) in [7, 11) is 1.26. The maximum absolute atomic E-state index is 9.62. The number of aliphatic imine (C=N–C) groups is 1. The molecule has 0 bridgehead atoms. The summed E-state index contributed by atoms with van der Waals surface area (Å²) in [5.41, 5.74) is -0.218. The monoisotopic (exact) mass is 175 g/mol. The zero-order chi connectivity index (χ0) is 8.36. The molecule has 0 fully saturated rings. The zero-order valence-electron chi connectivity index (χ0n) is 7.47. The molecular formula is C6H17NOSi2.